The highest BCUT2D eigenvalue weighted by Gasteiger charge is 2.33. The van der Waals surface area contributed by atoms with Gasteiger partial charge in [-0.1, -0.05) is 17.3 Å². The summed E-state index contributed by atoms with van der Waals surface area (Å²) in [7, 11) is 0. The van der Waals surface area contributed by atoms with Crippen LogP contribution in [0.5, 0.6) is 0 Å². The number of benzene rings is 1. The monoisotopic (exact) mass is 344 g/mol. The average molecular weight is 344 g/mol. The van der Waals surface area contributed by atoms with Gasteiger partial charge in [0.15, 0.2) is 5.82 Å². The standard InChI is InChI=1S/C19H25FN4O/c1-13-11-23(12-15-3-7-17(20)8-4-15)9-10-24(13)14(2)19-21-18(22-25-19)16-5-6-16/h3-4,7-8,13-14,16H,5-6,9-12H2,1-2H3/t13-,14+/m0/s1. The van der Waals surface area contributed by atoms with E-state index in [0.717, 1.165) is 43.5 Å². The summed E-state index contributed by atoms with van der Waals surface area (Å²) in [4.78, 5) is 9.47. The van der Waals surface area contributed by atoms with Gasteiger partial charge in [0.1, 0.15) is 5.82 Å². The quantitative estimate of drug-likeness (QED) is 0.832. The van der Waals surface area contributed by atoms with Crippen molar-refractivity contribution in [3.8, 4) is 0 Å². The minimum absolute atomic E-state index is 0.142. The zero-order valence-electron chi connectivity index (χ0n) is 14.9. The van der Waals surface area contributed by atoms with Gasteiger partial charge in [-0.15, -0.1) is 0 Å². The van der Waals surface area contributed by atoms with Crippen LogP contribution in [0.2, 0.25) is 0 Å². The molecule has 1 aromatic carbocycles. The smallest absolute Gasteiger partial charge is 0.243 e. The molecule has 2 atom stereocenters. The number of hydrogen-bond donors (Lipinski definition) is 0. The van der Waals surface area contributed by atoms with Gasteiger partial charge in [-0.2, -0.15) is 4.98 Å². The second-order valence-corrected chi connectivity index (χ2v) is 7.39. The molecule has 0 radical (unpaired) electrons. The maximum Gasteiger partial charge on any atom is 0.243 e. The van der Waals surface area contributed by atoms with E-state index >= 15 is 0 Å². The Morgan fingerprint density at radius 1 is 1.24 bits per heavy atom. The van der Waals surface area contributed by atoms with Crippen molar-refractivity contribution in [3.05, 3.63) is 47.4 Å². The molecule has 2 aromatic rings. The first kappa shape index (κ1) is 16.7. The van der Waals surface area contributed by atoms with Gasteiger partial charge in [-0.3, -0.25) is 9.80 Å². The maximum absolute atomic E-state index is 13.0. The van der Waals surface area contributed by atoms with Gasteiger partial charge in [-0.25, -0.2) is 4.39 Å². The molecule has 25 heavy (non-hydrogen) atoms. The Morgan fingerprint density at radius 2 is 2.00 bits per heavy atom. The van der Waals surface area contributed by atoms with E-state index < -0.39 is 0 Å². The van der Waals surface area contributed by atoms with Crippen LogP contribution in [0.4, 0.5) is 4.39 Å². The number of nitrogens with zero attached hydrogens (tertiary/aromatic N) is 4. The molecule has 134 valence electrons. The van der Waals surface area contributed by atoms with Gasteiger partial charge in [0.05, 0.1) is 6.04 Å². The fourth-order valence-electron chi connectivity index (χ4n) is 3.68. The fraction of sp³-hybridized carbons (Fsp3) is 0.579. The highest BCUT2D eigenvalue weighted by molar-refractivity contribution is 5.16. The maximum atomic E-state index is 13.0. The van der Waals surface area contributed by atoms with E-state index in [0.29, 0.717) is 12.0 Å². The summed E-state index contributed by atoms with van der Waals surface area (Å²) < 4.78 is 18.6. The molecule has 1 saturated carbocycles. The lowest BCUT2D eigenvalue weighted by Crippen LogP contribution is -2.52. The number of rotatable bonds is 5. The molecule has 6 heteroatoms. The minimum atomic E-state index is -0.180. The number of halogens is 1. The summed E-state index contributed by atoms with van der Waals surface area (Å²) in [5.41, 5.74) is 1.15. The second-order valence-electron chi connectivity index (χ2n) is 7.39. The van der Waals surface area contributed by atoms with Gasteiger partial charge in [0.25, 0.3) is 0 Å². The summed E-state index contributed by atoms with van der Waals surface area (Å²) in [6.07, 6.45) is 2.37. The van der Waals surface area contributed by atoms with Crippen LogP contribution in [0.1, 0.15) is 55.9 Å². The van der Waals surface area contributed by atoms with Crippen LogP contribution >= 0.6 is 0 Å². The van der Waals surface area contributed by atoms with E-state index in [1.54, 1.807) is 0 Å². The number of hydrogen-bond acceptors (Lipinski definition) is 5. The molecule has 2 fully saturated rings. The lowest BCUT2D eigenvalue weighted by molar-refractivity contribution is 0.0397. The van der Waals surface area contributed by atoms with Crippen LogP contribution in [0.3, 0.4) is 0 Å². The molecule has 5 nitrogen and oxygen atoms in total. The van der Waals surface area contributed by atoms with Gasteiger partial charge >= 0.3 is 0 Å². The van der Waals surface area contributed by atoms with E-state index in [2.05, 4.69) is 33.8 Å². The predicted molar refractivity (Wildman–Crippen MR) is 92.5 cm³/mol. The number of aromatic nitrogens is 2. The lowest BCUT2D eigenvalue weighted by Gasteiger charge is -2.41. The van der Waals surface area contributed by atoms with E-state index in [9.17, 15) is 4.39 Å². The third-order valence-electron chi connectivity index (χ3n) is 5.34. The first-order chi connectivity index (χ1) is 12.1. The Bertz CT molecular complexity index is 712. The van der Waals surface area contributed by atoms with Crippen LogP contribution < -0.4 is 0 Å². The summed E-state index contributed by atoms with van der Waals surface area (Å²) in [6, 6.07) is 7.34. The molecule has 0 N–H and O–H groups in total. The molecule has 1 aliphatic heterocycles. The molecule has 1 aromatic heterocycles. The molecule has 0 amide bonds. The van der Waals surface area contributed by atoms with Crippen LogP contribution in [0.25, 0.3) is 0 Å². The van der Waals surface area contributed by atoms with Gasteiger partial charge in [-0.05, 0) is 44.4 Å². The Morgan fingerprint density at radius 3 is 2.68 bits per heavy atom. The van der Waals surface area contributed by atoms with E-state index in [1.807, 2.05) is 12.1 Å². The molecule has 2 heterocycles. The van der Waals surface area contributed by atoms with Crippen molar-refractivity contribution in [1.82, 2.24) is 19.9 Å². The van der Waals surface area contributed by atoms with Crippen LogP contribution in [-0.4, -0.2) is 45.6 Å². The van der Waals surface area contributed by atoms with Crippen LogP contribution in [0, 0.1) is 5.82 Å². The Kier molecular flexibility index (Phi) is 4.56. The third-order valence-corrected chi connectivity index (χ3v) is 5.34. The highest BCUT2D eigenvalue weighted by atomic mass is 19.1. The Balaban J connectivity index is 1.36. The topological polar surface area (TPSA) is 45.4 Å². The van der Waals surface area contributed by atoms with Crippen molar-refractivity contribution in [2.24, 2.45) is 0 Å². The van der Waals surface area contributed by atoms with Crippen molar-refractivity contribution >= 4 is 0 Å². The van der Waals surface area contributed by atoms with Gasteiger partial charge in [0.2, 0.25) is 5.89 Å². The molecule has 0 bridgehead atoms. The highest BCUT2D eigenvalue weighted by Crippen LogP contribution is 2.38. The van der Waals surface area contributed by atoms with E-state index in [-0.39, 0.29) is 11.9 Å². The van der Waals surface area contributed by atoms with E-state index in [1.165, 1.54) is 25.0 Å². The minimum Gasteiger partial charge on any atom is -0.338 e. The second kappa shape index (κ2) is 6.84. The fourth-order valence-corrected chi connectivity index (χ4v) is 3.68. The van der Waals surface area contributed by atoms with Crippen molar-refractivity contribution in [3.63, 3.8) is 0 Å². The van der Waals surface area contributed by atoms with Gasteiger partial charge < -0.3 is 4.52 Å². The van der Waals surface area contributed by atoms with Crippen molar-refractivity contribution in [2.75, 3.05) is 19.6 Å². The van der Waals surface area contributed by atoms with Crippen LogP contribution in [0.15, 0.2) is 28.8 Å². The average Bonchev–Trinajstić information content (AvgIpc) is 3.34. The Hall–Kier alpha value is -1.79. The zero-order valence-corrected chi connectivity index (χ0v) is 14.9. The summed E-state index contributed by atoms with van der Waals surface area (Å²) in [5.74, 6) is 1.96. The molecule has 1 aliphatic carbocycles. The molecular weight excluding hydrogens is 319 g/mol. The summed E-state index contributed by atoms with van der Waals surface area (Å²) in [5, 5.41) is 4.14. The molecule has 1 saturated heterocycles. The normalized spacial score (nSPS) is 23.7. The SMILES string of the molecule is C[C@H](c1nc(C2CC2)no1)N1CCN(Cc2ccc(F)cc2)C[C@@H]1C. The van der Waals surface area contributed by atoms with Crippen molar-refractivity contribution < 1.29 is 8.91 Å². The van der Waals surface area contributed by atoms with Gasteiger partial charge in [0, 0.05) is 38.1 Å². The molecule has 0 spiro atoms. The first-order valence-corrected chi connectivity index (χ1v) is 9.16. The Labute approximate surface area is 147 Å². The third kappa shape index (κ3) is 3.75. The molecule has 0 unspecified atom stereocenters. The van der Waals surface area contributed by atoms with Crippen molar-refractivity contribution in [1.29, 1.82) is 0 Å². The predicted octanol–water partition coefficient (Wildman–Crippen LogP) is 3.35. The summed E-state index contributed by atoms with van der Waals surface area (Å²) >= 11 is 0. The van der Waals surface area contributed by atoms with E-state index in [4.69, 9.17) is 4.52 Å². The lowest BCUT2D eigenvalue weighted by atomic mass is 10.1. The zero-order chi connectivity index (χ0) is 17.4. The van der Waals surface area contributed by atoms with Crippen LogP contribution in [-0.2, 0) is 6.54 Å². The summed E-state index contributed by atoms with van der Waals surface area (Å²) in [6.45, 7) is 8.17. The molecular formula is C19H25FN4O. The first-order valence-electron chi connectivity index (χ1n) is 9.16. The largest absolute Gasteiger partial charge is 0.338 e. The molecule has 4 rings (SSSR count). The van der Waals surface area contributed by atoms with Crippen molar-refractivity contribution in [2.45, 2.75) is 51.2 Å². The molecule has 2 aliphatic rings. The number of piperazine rings is 1.